The van der Waals surface area contributed by atoms with Gasteiger partial charge in [-0.1, -0.05) is 60.1 Å². The zero-order chi connectivity index (χ0) is 24.1. The number of Topliss-reactive ketones (excluding diaryl/α,β-unsaturated/α-hetero) is 1. The van der Waals surface area contributed by atoms with Crippen LogP contribution in [0.4, 0.5) is 0 Å². The van der Waals surface area contributed by atoms with E-state index < -0.39 is 23.6 Å². The molecule has 0 radical (unpaired) electrons. The Balaban J connectivity index is 1.63. The van der Waals surface area contributed by atoms with E-state index in [1.807, 2.05) is 24.3 Å². The van der Waals surface area contributed by atoms with E-state index in [9.17, 15) is 14.4 Å². The van der Waals surface area contributed by atoms with Crippen LogP contribution in [0.3, 0.4) is 0 Å². The summed E-state index contributed by atoms with van der Waals surface area (Å²) in [5.41, 5.74) is 7.83. The van der Waals surface area contributed by atoms with E-state index in [-0.39, 0.29) is 12.0 Å². The number of carbonyl (C=O) groups excluding carboxylic acids is 3. The Labute approximate surface area is 204 Å². The predicted molar refractivity (Wildman–Crippen MR) is 131 cm³/mol. The number of aromatic nitrogens is 2. The topological polar surface area (TPSA) is 115 Å². The van der Waals surface area contributed by atoms with Crippen molar-refractivity contribution >= 4 is 40.5 Å². The molecule has 3 N–H and O–H groups in total. The molecule has 0 spiro atoms. The van der Waals surface area contributed by atoms with Gasteiger partial charge in [-0.15, -0.1) is 11.3 Å². The van der Waals surface area contributed by atoms with Gasteiger partial charge in [0.2, 0.25) is 5.78 Å². The largest absolute Gasteiger partial charge is 0.363 e. The molecule has 2 aromatic heterocycles. The van der Waals surface area contributed by atoms with Gasteiger partial charge >= 0.3 is 0 Å². The number of carbonyl (C=O) groups is 3. The summed E-state index contributed by atoms with van der Waals surface area (Å²) >= 11 is 7.67. The summed E-state index contributed by atoms with van der Waals surface area (Å²) < 4.78 is 0. The molecule has 0 aliphatic rings. The molecule has 2 heterocycles. The summed E-state index contributed by atoms with van der Waals surface area (Å²) in [5, 5.41) is 5.68. The van der Waals surface area contributed by atoms with Crippen LogP contribution in [-0.4, -0.2) is 33.6 Å². The van der Waals surface area contributed by atoms with Gasteiger partial charge < -0.3 is 11.1 Å². The van der Waals surface area contributed by atoms with Crippen molar-refractivity contribution in [2.24, 2.45) is 5.73 Å². The zero-order valence-electron chi connectivity index (χ0n) is 17.8. The van der Waals surface area contributed by atoms with Crippen LogP contribution in [-0.2, 0) is 16.0 Å². The molecule has 0 saturated carbocycles. The number of rotatable bonds is 8. The van der Waals surface area contributed by atoms with Gasteiger partial charge in [0.15, 0.2) is 0 Å². The van der Waals surface area contributed by atoms with Gasteiger partial charge in [0.1, 0.15) is 22.4 Å². The quantitative estimate of drug-likeness (QED) is 0.363. The molecule has 0 aliphatic carbocycles. The van der Waals surface area contributed by atoms with Crippen molar-refractivity contribution in [2.75, 3.05) is 0 Å². The highest BCUT2D eigenvalue weighted by Gasteiger charge is 2.27. The van der Waals surface area contributed by atoms with Crippen LogP contribution in [0.15, 0.2) is 78.3 Å². The SMILES string of the molecule is NC(=O)C(=O)C(Cc1ccccc1)NC(=O)c1cccnc1-c1csc(-c2ccccc2Cl)n1. The van der Waals surface area contributed by atoms with Crippen LogP contribution in [0.25, 0.3) is 22.0 Å². The van der Waals surface area contributed by atoms with Crippen molar-refractivity contribution in [1.82, 2.24) is 15.3 Å². The first-order valence-electron chi connectivity index (χ1n) is 10.3. The number of nitrogens with one attached hydrogen (secondary N) is 1. The predicted octanol–water partition coefficient (Wildman–Crippen LogP) is 3.92. The minimum Gasteiger partial charge on any atom is -0.363 e. The lowest BCUT2D eigenvalue weighted by Crippen LogP contribution is -2.47. The third-order valence-electron chi connectivity index (χ3n) is 5.05. The minimum atomic E-state index is -1.12. The standard InChI is InChI=1S/C25H19ClN4O3S/c26-18-11-5-4-9-16(18)25-30-20(14-34-25)21-17(10-6-12-28-21)24(33)29-19(22(31)23(27)32)13-15-7-2-1-3-8-15/h1-12,14,19H,13H2,(H2,27,32)(H,29,33). The van der Waals surface area contributed by atoms with E-state index in [1.54, 1.807) is 54.0 Å². The third kappa shape index (κ3) is 5.19. The molecule has 34 heavy (non-hydrogen) atoms. The van der Waals surface area contributed by atoms with Crippen LogP contribution >= 0.6 is 22.9 Å². The molecule has 1 unspecified atom stereocenters. The van der Waals surface area contributed by atoms with E-state index in [0.29, 0.717) is 21.4 Å². The summed E-state index contributed by atoms with van der Waals surface area (Å²) in [6.45, 7) is 0. The van der Waals surface area contributed by atoms with Gasteiger partial charge in [-0.25, -0.2) is 4.98 Å². The highest BCUT2D eigenvalue weighted by molar-refractivity contribution is 7.13. The summed E-state index contributed by atoms with van der Waals surface area (Å²) in [6.07, 6.45) is 1.67. The van der Waals surface area contributed by atoms with E-state index in [0.717, 1.165) is 11.1 Å². The van der Waals surface area contributed by atoms with Crippen LogP contribution in [0.5, 0.6) is 0 Å². The number of thiazole rings is 1. The first-order valence-corrected chi connectivity index (χ1v) is 11.5. The van der Waals surface area contributed by atoms with Crippen LogP contribution in [0.1, 0.15) is 15.9 Å². The second kappa shape index (κ2) is 10.4. The Morgan fingerprint density at radius 1 is 1.00 bits per heavy atom. The van der Waals surface area contributed by atoms with Crippen LogP contribution < -0.4 is 11.1 Å². The average molecular weight is 491 g/mol. The third-order valence-corrected chi connectivity index (χ3v) is 6.26. The summed E-state index contributed by atoms with van der Waals surface area (Å²) in [5.74, 6) is -2.56. The minimum absolute atomic E-state index is 0.122. The molecule has 0 fully saturated rings. The van der Waals surface area contributed by atoms with E-state index in [1.165, 1.54) is 11.3 Å². The first-order chi connectivity index (χ1) is 16.4. The van der Waals surface area contributed by atoms with Crippen LogP contribution in [0, 0.1) is 0 Å². The number of nitrogens with two attached hydrogens (primary N) is 1. The van der Waals surface area contributed by atoms with Gasteiger partial charge in [0.05, 0.1) is 10.6 Å². The van der Waals surface area contributed by atoms with E-state index >= 15 is 0 Å². The maximum Gasteiger partial charge on any atom is 0.287 e. The molecular formula is C25H19ClN4O3S. The number of halogens is 1. The number of amides is 2. The number of primary amides is 1. The lowest BCUT2D eigenvalue weighted by Gasteiger charge is -2.17. The lowest BCUT2D eigenvalue weighted by molar-refractivity contribution is -0.137. The van der Waals surface area contributed by atoms with Crippen molar-refractivity contribution in [3.63, 3.8) is 0 Å². The number of hydrogen-bond acceptors (Lipinski definition) is 6. The second-order valence-electron chi connectivity index (χ2n) is 7.36. The summed E-state index contributed by atoms with van der Waals surface area (Å²) in [7, 11) is 0. The van der Waals surface area contributed by atoms with Gasteiger partial charge in [0.25, 0.3) is 11.8 Å². The molecule has 2 aromatic carbocycles. The maximum atomic E-state index is 13.2. The Kier molecular flexibility index (Phi) is 7.10. The summed E-state index contributed by atoms with van der Waals surface area (Å²) in [6, 6.07) is 18.5. The number of hydrogen-bond donors (Lipinski definition) is 2. The number of ketones is 1. The number of pyridine rings is 1. The molecular weight excluding hydrogens is 472 g/mol. The maximum absolute atomic E-state index is 13.2. The molecule has 0 bridgehead atoms. The normalized spacial score (nSPS) is 11.6. The van der Waals surface area contributed by atoms with Crippen molar-refractivity contribution in [3.8, 4) is 22.0 Å². The zero-order valence-corrected chi connectivity index (χ0v) is 19.3. The van der Waals surface area contributed by atoms with Gasteiger partial charge in [-0.2, -0.15) is 0 Å². The molecule has 170 valence electrons. The van der Waals surface area contributed by atoms with Gasteiger partial charge in [-0.05, 0) is 23.8 Å². The fourth-order valence-electron chi connectivity index (χ4n) is 3.40. The molecule has 0 saturated heterocycles. The summed E-state index contributed by atoms with van der Waals surface area (Å²) in [4.78, 5) is 46.2. The van der Waals surface area contributed by atoms with Gasteiger partial charge in [0, 0.05) is 23.6 Å². The molecule has 9 heteroatoms. The second-order valence-corrected chi connectivity index (χ2v) is 8.63. The van der Waals surface area contributed by atoms with E-state index in [2.05, 4.69) is 15.3 Å². The number of benzene rings is 2. The van der Waals surface area contributed by atoms with Gasteiger partial charge in [-0.3, -0.25) is 19.4 Å². The van der Waals surface area contributed by atoms with Crippen molar-refractivity contribution in [3.05, 3.63) is 94.5 Å². The number of nitrogens with zero attached hydrogens (tertiary/aromatic N) is 2. The monoisotopic (exact) mass is 490 g/mol. The highest BCUT2D eigenvalue weighted by Crippen LogP contribution is 2.33. The van der Waals surface area contributed by atoms with Crippen molar-refractivity contribution < 1.29 is 14.4 Å². The molecule has 0 aliphatic heterocycles. The Morgan fingerprint density at radius 3 is 2.47 bits per heavy atom. The molecule has 2 amide bonds. The fourth-order valence-corrected chi connectivity index (χ4v) is 4.53. The first kappa shape index (κ1) is 23.3. The Morgan fingerprint density at radius 2 is 1.74 bits per heavy atom. The lowest BCUT2D eigenvalue weighted by atomic mass is 10.0. The molecule has 4 rings (SSSR count). The van der Waals surface area contributed by atoms with Crippen LogP contribution in [0.2, 0.25) is 5.02 Å². The van der Waals surface area contributed by atoms with Crippen molar-refractivity contribution in [1.29, 1.82) is 0 Å². The average Bonchev–Trinajstić information content (AvgIpc) is 3.34. The highest BCUT2D eigenvalue weighted by atomic mass is 35.5. The smallest absolute Gasteiger partial charge is 0.287 e. The molecule has 1 atom stereocenters. The fraction of sp³-hybridized carbons (Fsp3) is 0.0800. The Bertz CT molecular complexity index is 1360. The Hall–Kier alpha value is -3.88. The van der Waals surface area contributed by atoms with Crippen molar-refractivity contribution in [2.45, 2.75) is 12.5 Å². The van der Waals surface area contributed by atoms with E-state index in [4.69, 9.17) is 17.3 Å². The molecule has 7 nitrogen and oxygen atoms in total. The molecule has 4 aromatic rings.